The van der Waals surface area contributed by atoms with E-state index in [9.17, 15) is 39.5 Å². The first-order valence-electron chi connectivity index (χ1n) is 3.79. The SMILES string of the molecule is FC(=CCl)N1C(F)(F)C(F)(F)OC(F)(F)C1(F)F. The summed E-state index contributed by atoms with van der Waals surface area (Å²) in [4.78, 5) is -2.43. The average molecular weight is 310 g/mol. The van der Waals surface area contributed by atoms with Crippen molar-refractivity contribution >= 4 is 11.6 Å². The molecule has 0 radical (unpaired) electrons. The van der Waals surface area contributed by atoms with E-state index in [-0.39, 0.29) is 0 Å². The molecule has 0 spiro atoms. The first-order chi connectivity index (χ1) is 7.81. The van der Waals surface area contributed by atoms with Crippen LogP contribution < -0.4 is 0 Å². The molecule has 0 atom stereocenters. The Kier molecular flexibility index (Phi) is 3.23. The van der Waals surface area contributed by atoms with Crippen molar-refractivity contribution in [1.29, 1.82) is 0 Å². The van der Waals surface area contributed by atoms with E-state index in [1.807, 2.05) is 0 Å². The molecule has 0 saturated carbocycles. The molecule has 0 aromatic heterocycles. The zero-order valence-electron chi connectivity index (χ0n) is 7.71. The predicted octanol–water partition coefficient (Wildman–Crippen LogP) is 3.70. The van der Waals surface area contributed by atoms with Gasteiger partial charge in [0.15, 0.2) is 0 Å². The van der Waals surface area contributed by atoms with Gasteiger partial charge in [-0.15, -0.1) is 0 Å². The molecule has 0 amide bonds. The largest absolute Gasteiger partial charge is 0.445 e. The van der Waals surface area contributed by atoms with Crippen molar-refractivity contribution in [2.45, 2.75) is 24.3 Å². The van der Waals surface area contributed by atoms with Gasteiger partial charge in [-0.25, -0.2) is 9.64 Å². The summed E-state index contributed by atoms with van der Waals surface area (Å²) in [5.41, 5.74) is -0.626. The van der Waals surface area contributed by atoms with Crippen LogP contribution in [0.4, 0.5) is 39.5 Å². The van der Waals surface area contributed by atoms with Gasteiger partial charge in [0.05, 0.1) is 5.54 Å². The van der Waals surface area contributed by atoms with Crippen LogP contribution in [0.15, 0.2) is 11.5 Å². The van der Waals surface area contributed by atoms with Gasteiger partial charge < -0.3 is 0 Å². The van der Waals surface area contributed by atoms with Crippen LogP contribution in [0.2, 0.25) is 0 Å². The predicted molar refractivity (Wildman–Crippen MR) is 37.8 cm³/mol. The minimum absolute atomic E-state index is 0.626. The van der Waals surface area contributed by atoms with Crippen molar-refractivity contribution in [3.8, 4) is 0 Å². The number of ether oxygens (including phenoxy) is 1. The standard InChI is InChI=1S/C6HClF9NO/c7-1-2(8)17-3(9,10)5(13,14)18-6(15,16)4(17,11)12/h1H. The van der Waals surface area contributed by atoms with Gasteiger partial charge in [0, 0.05) is 0 Å². The van der Waals surface area contributed by atoms with Crippen LogP contribution in [0, 0.1) is 0 Å². The Morgan fingerprint density at radius 3 is 1.50 bits per heavy atom. The van der Waals surface area contributed by atoms with Crippen molar-refractivity contribution in [2.75, 3.05) is 0 Å². The van der Waals surface area contributed by atoms with Crippen molar-refractivity contribution in [3.63, 3.8) is 0 Å². The first kappa shape index (κ1) is 15.2. The summed E-state index contributed by atoms with van der Waals surface area (Å²) in [5, 5.41) is 0. The fourth-order valence-electron chi connectivity index (χ4n) is 1.04. The molecule has 1 fully saturated rings. The van der Waals surface area contributed by atoms with Gasteiger partial charge in [-0.05, 0) is 0 Å². The topological polar surface area (TPSA) is 12.5 Å². The third-order valence-corrected chi connectivity index (χ3v) is 2.00. The molecule has 1 heterocycles. The van der Waals surface area contributed by atoms with Crippen molar-refractivity contribution < 1.29 is 44.3 Å². The van der Waals surface area contributed by atoms with Crippen LogP contribution in [0.5, 0.6) is 0 Å². The first-order valence-corrected chi connectivity index (χ1v) is 4.22. The highest BCUT2D eigenvalue weighted by Crippen LogP contribution is 2.57. The van der Waals surface area contributed by atoms with E-state index < -0.39 is 40.7 Å². The lowest BCUT2D eigenvalue weighted by Gasteiger charge is -2.46. The number of alkyl halides is 8. The van der Waals surface area contributed by atoms with Crippen LogP contribution in [0.1, 0.15) is 0 Å². The lowest BCUT2D eigenvalue weighted by molar-refractivity contribution is -0.559. The van der Waals surface area contributed by atoms with E-state index in [0.717, 1.165) is 0 Å². The molecule has 0 N–H and O–H groups in total. The summed E-state index contributed by atoms with van der Waals surface area (Å²) < 4.78 is 116. The third kappa shape index (κ3) is 1.79. The number of morpholine rings is 1. The lowest BCUT2D eigenvalue weighted by Crippen LogP contribution is -2.73. The van der Waals surface area contributed by atoms with Crippen LogP contribution in [0.3, 0.4) is 0 Å². The molecule has 12 heteroatoms. The zero-order valence-corrected chi connectivity index (χ0v) is 8.47. The summed E-state index contributed by atoms with van der Waals surface area (Å²) in [6, 6.07) is -12.2. The second-order valence-electron chi connectivity index (χ2n) is 2.99. The quantitative estimate of drug-likeness (QED) is 0.541. The Morgan fingerprint density at radius 1 is 0.889 bits per heavy atom. The molecule has 0 aliphatic carbocycles. The fraction of sp³-hybridized carbons (Fsp3) is 0.667. The van der Waals surface area contributed by atoms with E-state index in [1.54, 1.807) is 0 Å². The van der Waals surface area contributed by atoms with Crippen molar-refractivity contribution in [3.05, 3.63) is 11.5 Å². The maximum Gasteiger partial charge on any atom is 0.445 e. The molecule has 2 nitrogen and oxygen atoms in total. The molecular formula is C6HClF9NO. The second kappa shape index (κ2) is 3.83. The van der Waals surface area contributed by atoms with Gasteiger partial charge in [-0.1, -0.05) is 11.6 Å². The molecule has 0 aromatic carbocycles. The van der Waals surface area contributed by atoms with Gasteiger partial charge in [0.25, 0.3) is 0 Å². The number of halogens is 10. The molecule has 1 rings (SSSR count). The second-order valence-corrected chi connectivity index (χ2v) is 3.20. The van der Waals surface area contributed by atoms with Gasteiger partial charge >= 0.3 is 24.3 Å². The van der Waals surface area contributed by atoms with Gasteiger partial charge in [0.2, 0.25) is 5.95 Å². The van der Waals surface area contributed by atoms with Crippen LogP contribution in [-0.2, 0) is 4.74 Å². The van der Waals surface area contributed by atoms with Crippen LogP contribution in [0.25, 0.3) is 0 Å². The van der Waals surface area contributed by atoms with E-state index in [4.69, 9.17) is 0 Å². The number of hydrogen-bond donors (Lipinski definition) is 0. The monoisotopic (exact) mass is 309 g/mol. The summed E-state index contributed by atoms with van der Waals surface area (Å²) in [6.07, 6.45) is -12.1. The molecule has 0 unspecified atom stereocenters. The molecule has 18 heavy (non-hydrogen) atoms. The summed E-state index contributed by atoms with van der Waals surface area (Å²) in [7, 11) is 0. The Bertz CT molecular complexity index is 355. The van der Waals surface area contributed by atoms with E-state index in [0.29, 0.717) is 0 Å². The van der Waals surface area contributed by atoms with Crippen LogP contribution in [-0.4, -0.2) is 29.2 Å². The van der Waals surface area contributed by atoms with E-state index in [1.165, 1.54) is 0 Å². The van der Waals surface area contributed by atoms with E-state index in [2.05, 4.69) is 16.3 Å². The minimum atomic E-state index is -6.08. The van der Waals surface area contributed by atoms with Gasteiger partial charge in [-0.3, -0.25) is 0 Å². The fourth-order valence-corrected chi connectivity index (χ4v) is 1.14. The number of rotatable bonds is 1. The maximum atomic E-state index is 12.8. The van der Waals surface area contributed by atoms with Crippen LogP contribution >= 0.6 is 11.6 Å². The van der Waals surface area contributed by atoms with Crippen molar-refractivity contribution in [2.24, 2.45) is 0 Å². The minimum Gasteiger partial charge on any atom is -0.242 e. The smallest absolute Gasteiger partial charge is 0.242 e. The summed E-state index contributed by atoms with van der Waals surface area (Å²) >= 11 is 4.45. The molecule has 106 valence electrons. The Labute approximate surface area is 97.5 Å². The van der Waals surface area contributed by atoms with Gasteiger partial charge in [0.1, 0.15) is 0 Å². The maximum absolute atomic E-state index is 12.8. The van der Waals surface area contributed by atoms with E-state index >= 15 is 0 Å². The Balaban J connectivity index is 3.48. The molecular weight excluding hydrogens is 309 g/mol. The highest BCUT2D eigenvalue weighted by atomic mass is 35.5. The number of nitrogens with zero attached hydrogens (tertiary/aromatic N) is 1. The molecule has 1 aliphatic heterocycles. The summed E-state index contributed by atoms with van der Waals surface area (Å²) in [5.74, 6) is -2.88. The average Bonchev–Trinajstić information content (AvgIpc) is 2.12. The molecule has 1 saturated heterocycles. The lowest BCUT2D eigenvalue weighted by atomic mass is 10.3. The third-order valence-electron chi connectivity index (χ3n) is 1.82. The number of hydrogen-bond acceptors (Lipinski definition) is 2. The Morgan fingerprint density at radius 2 is 1.22 bits per heavy atom. The van der Waals surface area contributed by atoms with Gasteiger partial charge in [-0.2, -0.15) is 39.5 Å². The molecule has 0 bridgehead atoms. The Hall–Kier alpha value is -0.840. The normalized spacial score (nSPS) is 29.2. The highest BCUT2D eigenvalue weighted by molar-refractivity contribution is 6.25. The molecule has 0 aromatic rings. The molecule has 1 aliphatic rings. The summed E-state index contributed by atoms with van der Waals surface area (Å²) in [6.45, 7) is 0. The highest BCUT2D eigenvalue weighted by Gasteiger charge is 2.83. The zero-order chi connectivity index (χ0) is 14.6. The van der Waals surface area contributed by atoms with Crippen molar-refractivity contribution in [1.82, 2.24) is 4.90 Å².